The van der Waals surface area contributed by atoms with E-state index < -0.39 is 0 Å². The van der Waals surface area contributed by atoms with E-state index in [9.17, 15) is 0 Å². The summed E-state index contributed by atoms with van der Waals surface area (Å²) in [4.78, 5) is 10.5. The van der Waals surface area contributed by atoms with Crippen LogP contribution in [0, 0.1) is 0 Å². The van der Waals surface area contributed by atoms with Gasteiger partial charge in [-0.15, -0.1) is 11.3 Å². The maximum absolute atomic E-state index is 6.56. The molecule has 4 aromatic heterocycles. The summed E-state index contributed by atoms with van der Waals surface area (Å²) in [5, 5.41) is 13.0. The zero-order valence-electron chi connectivity index (χ0n) is 34.1. The zero-order valence-corrected chi connectivity index (χ0v) is 34.9. The van der Waals surface area contributed by atoms with Crippen molar-refractivity contribution in [2.75, 3.05) is 0 Å². The lowest BCUT2D eigenvalue weighted by Crippen LogP contribution is -2.33. The number of rotatable bonds is 5. The van der Waals surface area contributed by atoms with E-state index in [2.05, 4.69) is 162 Å². The quantitative estimate of drug-likeness (QED) is 0.188. The smallest absolute Gasteiger partial charge is 0.159 e. The van der Waals surface area contributed by atoms with Crippen molar-refractivity contribution in [2.24, 2.45) is 9.98 Å². The Morgan fingerprint density at radius 3 is 1.91 bits per heavy atom. The first-order valence-corrected chi connectivity index (χ1v) is 22.3. The van der Waals surface area contributed by atoms with Gasteiger partial charge in [0.15, 0.2) is 5.84 Å². The predicted molar refractivity (Wildman–Crippen MR) is 265 cm³/mol. The summed E-state index contributed by atoms with van der Waals surface area (Å²) in [7, 11) is 0. The van der Waals surface area contributed by atoms with Crippen LogP contribution in [0.4, 0.5) is 0 Å². The third kappa shape index (κ3) is 5.38. The van der Waals surface area contributed by atoms with Gasteiger partial charge in [0.25, 0.3) is 0 Å². The van der Waals surface area contributed by atoms with Crippen molar-refractivity contribution in [3.8, 4) is 16.8 Å². The highest BCUT2D eigenvalue weighted by Crippen LogP contribution is 2.42. The van der Waals surface area contributed by atoms with Crippen LogP contribution in [0.3, 0.4) is 0 Å². The first-order valence-electron chi connectivity index (χ1n) is 21.5. The highest BCUT2D eigenvalue weighted by atomic mass is 32.1. The van der Waals surface area contributed by atoms with Crippen LogP contribution in [0.1, 0.15) is 22.9 Å². The van der Waals surface area contributed by atoms with E-state index in [1.807, 2.05) is 53.8 Å². The summed E-state index contributed by atoms with van der Waals surface area (Å²) in [6.45, 7) is 0. The lowest BCUT2D eigenvalue weighted by molar-refractivity contribution is 0.668. The van der Waals surface area contributed by atoms with Crippen molar-refractivity contribution in [3.05, 3.63) is 211 Å². The van der Waals surface area contributed by atoms with Crippen LogP contribution in [0.2, 0.25) is 0 Å². The van der Waals surface area contributed by atoms with Crippen molar-refractivity contribution in [2.45, 2.75) is 6.17 Å². The van der Waals surface area contributed by atoms with Gasteiger partial charge in [0, 0.05) is 74.9 Å². The summed E-state index contributed by atoms with van der Waals surface area (Å²) in [5.74, 6) is 1.47. The molecule has 13 aromatic rings. The SMILES string of the molecule is c1ccc(C2=NC(c3ccc4oc5ccccc5c4c3)=NC(c3cccc4sc5cc(-c6ccc7c(c6)oc6ccc(-n8c9ccccc9c9ccccc98)cc67)ccc5c34)N2)cc1. The number of aromatic nitrogens is 1. The molecular weight excluding hydrogens is 805 g/mol. The molecule has 300 valence electrons. The van der Waals surface area contributed by atoms with E-state index in [0.717, 1.165) is 83.2 Å². The molecule has 5 heterocycles. The first kappa shape index (κ1) is 35.3. The Bertz CT molecular complexity index is 4080. The fourth-order valence-electron chi connectivity index (χ4n) is 9.89. The lowest BCUT2D eigenvalue weighted by Gasteiger charge is -2.24. The number of hydrogen-bond donors (Lipinski definition) is 1. The third-order valence-corrected chi connectivity index (χ3v) is 14.0. The molecule has 1 atom stereocenters. The summed E-state index contributed by atoms with van der Waals surface area (Å²) >= 11 is 1.81. The van der Waals surface area contributed by atoms with E-state index in [0.29, 0.717) is 5.84 Å². The van der Waals surface area contributed by atoms with Gasteiger partial charge in [-0.2, -0.15) is 0 Å². The Labute approximate surface area is 369 Å². The second kappa shape index (κ2) is 13.6. The van der Waals surface area contributed by atoms with Crippen LogP contribution in [0.15, 0.2) is 213 Å². The molecule has 6 nitrogen and oxygen atoms in total. The van der Waals surface area contributed by atoms with Gasteiger partial charge in [0.1, 0.15) is 34.3 Å². The largest absolute Gasteiger partial charge is 0.456 e. The van der Waals surface area contributed by atoms with Crippen LogP contribution in [-0.4, -0.2) is 16.2 Å². The van der Waals surface area contributed by atoms with E-state index >= 15 is 0 Å². The molecule has 14 rings (SSSR count). The molecule has 1 aliphatic heterocycles. The second-order valence-corrected chi connectivity index (χ2v) is 17.6. The number of fused-ring (bicyclic) bond motifs is 12. The van der Waals surface area contributed by atoms with Gasteiger partial charge < -0.3 is 18.7 Å². The first-order chi connectivity index (χ1) is 31.7. The Hall–Kier alpha value is -8.26. The summed E-state index contributed by atoms with van der Waals surface area (Å²) in [6, 6.07) is 68.5. The number of para-hydroxylation sites is 3. The van der Waals surface area contributed by atoms with Gasteiger partial charge in [0.05, 0.1) is 11.0 Å². The maximum Gasteiger partial charge on any atom is 0.159 e. The van der Waals surface area contributed by atoms with Crippen molar-refractivity contribution < 1.29 is 8.83 Å². The molecule has 0 saturated carbocycles. The molecule has 0 saturated heterocycles. The van der Waals surface area contributed by atoms with Gasteiger partial charge in [-0.05, 0) is 90.0 Å². The number of furan rings is 2. The highest BCUT2D eigenvalue weighted by molar-refractivity contribution is 7.25. The number of aliphatic imine (C=N–C) groups is 2. The normalized spacial score (nSPS) is 14.4. The molecule has 0 radical (unpaired) electrons. The van der Waals surface area contributed by atoms with E-state index in [4.69, 9.17) is 18.8 Å². The molecular formula is C57H34N4O2S. The average Bonchev–Trinajstić information content (AvgIpc) is 4.12. The minimum Gasteiger partial charge on any atom is -0.456 e. The molecule has 1 unspecified atom stereocenters. The minimum absolute atomic E-state index is 0.369. The van der Waals surface area contributed by atoms with E-state index in [1.54, 1.807) is 0 Å². The fourth-order valence-corrected chi connectivity index (χ4v) is 11.1. The molecule has 7 heteroatoms. The van der Waals surface area contributed by atoms with Crippen molar-refractivity contribution in [1.29, 1.82) is 0 Å². The maximum atomic E-state index is 6.56. The molecule has 0 bridgehead atoms. The fraction of sp³-hybridized carbons (Fsp3) is 0.0175. The summed E-state index contributed by atoms with van der Waals surface area (Å²) in [5.41, 5.74) is 12.3. The molecule has 0 amide bonds. The lowest BCUT2D eigenvalue weighted by atomic mass is 9.99. The Balaban J connectivity index is 0.849. The van der Waals surface area contributed by atoms with Crippen LogP contribution >= 0.6 is 11.3 Å². The minimum atomic E-state index is -0.369. The van der Waals surface area contributed by atoms with Crippen molar-refractivity contribution >= 4 is 109 Å². The molecule has 1 N–H and O–H groups in total. The molecule has 0 aliphatic carbocycles. The Morgan fingerprint density at radius 2 is 1.08 bits per heavy atom. The van der Waals surface area contributed by atoms with Crippen molar-refractivity contribution in [1.82, 2.24) is 9.88 Å². The van der Waals surface area contributed by atoms with Crippen LogP contribution in [0.25, 0.3) is 103 Å². The summed E-state index contributed by atoms with van der Waals surface area (Å²) < 4.78 is 17.5. The van der Waals surface area contributed by atoms with Gasteiger partial charge >= 0.3 is 0 Å². The third-order valence-electron chi connectivity index (χ3n) is 12.9. The van der Waals surface area contributed by atoms with Crippen LogP contribution in [0.5, 0.6) is 0 Å². The van der Waals surface area contributed by atoms with Gasteiger partial charge in [-0.3, -0.25) is 0 Å². The number of nitrogens with one attached hydrogen (secondary N) is 1. The number of thiophene rings is 1. The number of nitrogens with zero attached hydrogens (tertiary/aromatic N) is 3. The van der Waals surface area contributed by atoms with E-state index in [-0.39, 0.29) is 6.17 Å². The van der Waals surface area contributed by atoms with Crippen molar-refractivity contribution in [3.63, 3.8) is 0 Å². The molecule has 9 aromatic carbocycles. The molecule has 0 fully saturated rings. The second-order valence-electron chi connectivity index (χ2n) is 16.5. The number of benzene rings is 9. The van der Waals surface area contributed by atoms with Gasteiger partial charge in [-0.1, -0.05) is 115 Å². The molecule has 64 heavy (non-hydrogen) atoms. The van der Waals surface area contributed by atoms with Gasteiger partial charge in [-0.25, -0.2) is 9.98 Å². The van der Waals surface area contributed by atoms with Gasteiger partial charge in [0.2, 0.25) is 0 Å². The summed E-state index contributed by atoms with van der Waals surface area (Å²) in [6.07, 6.45) is -0.369. The zero-order chi connectivity index (χ0) is 41.9. The number of hydrogen-bond acceptors (Lipinski definition) is 6. The Morgan fingerprint density at radius 1 is 0.438 bits per heavy atom. The van der Waals surface area contributed by atoms with Crippen LogP contribution in [-0.2, 0) is 0 Å². The molecule has 1 aliphatic rings. The topological polar surface area (TPSA) is 68.0 Å². The standard InChI is InChI=1S/C57H34N4O2S/c1-2-11-33(12-3-1)55-58-56(36-23-27-49-44(29-36)40-15-6-9-19-48(40)62-49)60-57(59-55)43-16-10-20-52-54(43)42-26-22-35(31-53(42)64-52)34-21-25-41-45-32-37(24-28-50(45)63-51(41)30-34)61-46-17-7-4-13-38(46)39-14-5-8-18-47(39)61/h1-32,57H,(H,58,59,60). The monoisotopic (exact) mass is 838 g/mol. The molecule has 0 spiro atoms. The Kier molecular flexibility index (Phi) is 7.52. The predicted octanol–water partition coefficient (Wildman–Crippen LogP) is 15.1. The number of amidine groups is 2. The average molecular weight is 839 g/mol. The van der Waals surface area contributed by atoms with Crippen LogP contribution < -0.4 is 5.32 Å². The highest BCUT2D eigenvalue weighted by Gasteiger charge is 2.25. The van der Waals surface area contributed by atoms with E-state index in [1.165, 1.54) is 42.0 Å².